The number of hydrogen-bond acceptors (Lipinski definition) is 8. The average molecular weight is 500 g/mol. The lowest BCUT2D eigenvalue weighted by atomic mass is 9.99. The maximum absolute atomic E-state index is 12.6. The van der Waals surface area contributed by atoms with E-state index in [0.717, 1.165) is 18.4 Å². The number of fused-ring (bicyclic) bond motifs is 1. The number of nitrogens with two attached hydrogens (primary N) is 2. The molecule has 0 aliphatic heterocycles. The fourth-order valence-corrected chi connectivity index (χ4v) is 3.78. The molecule has 0 aliphatic rings. The Bertz CT molecular complexity index is 1270. The first-order valence-electron chi connectivity index (χ1n) is 11.9. The molecule has 3 aromatic rings. The number of aromatic amines is 1. The van der Waals surface area contributed by atoms with Gasteiger partial charge in [-0.15, -0.1) is 0 Å². The second-order valence-electron chi connectivity index (χ2n) is 8.55. The number of nitrogens with zero attached hydrogens (tertiary/aromatic N) is 4. The van der Waals surface area contributed by atoms with Gasteiger partial charge < -0.3 is 31.2 Å². The zero-order valence-electron chi connectivity index (χ0n) is 20.6. The summed E-state index contributed by atoms with van der Waals surface area (Å²) >= 11 is 0. The molecule has 1 unspecified atom stereocenters. The van der Waals surface area contributed by atoms with Crippen LogP contribution in [0.1, 0.15) is 50.2 Å². The molecule has 0 fully saturated rings. The zero-order valence-corrected chi connectivity index (χ0v) is 20.6. The fourth-order valence-electron chi connectivity index (χ4n) is 3.78. The van der Waals surface area contributed by atoms with Gasteiger partial charge in [0, 0.05) is 19.6 Å². The van der Waals surface area contributed by atoms with Gasteiger partial charge in [-0.25, -0.2) is 4.79 Å². The van der Waals surface area contributed by atoms with Gasteiger partial charge in [-0.05, 0) is 30.9 Å². The molecule has 1 aromatic carbocycles. The number of carbonyl (C=O) groups excluding carboxylic acids is 1. The van der Waals surface area contributed by atoms with Crippen molar-refractivity contribution in [2.75, 3.05) is 25.4 Å². The van der Waals surface area contributed by atoms with E-state index in [-0.39, 0.29) is 43.1 Å². The van der Waals surface area contributed by atoms with Crippen molar-refractivity contribution in [1.29, 1.82) is 0 Å². The Labute approximate surface area is 208 Å². The summed E-state index contributed by atoms with van der Waals surface area (Å²) in [6, 6.07) is 7.23. The Morgan fingerprint density at radius 2 is 2.06 bits per heavy atom. The number of nitrogens with one attached hydrogen (secondary N) is 1. The first-order valence-corrected chi connectivity index (χ1v) is 11.9. The molecule has 1 amide bonds. The first-order chi connectivity index (χ1) is 17.2. The highest BCUT2D eigenvalue weighted by Gasteiger charge is 2.18. The first kappa shape index (κ1) is 26.7. The van der Waals surface area contributed by atoms with Crippen molar-refractivity contribution in [3.63, 3.8) is 0 Å². The summed E-state index contributed by atoms with van der Waals surface area (Å²) in [5.74, 6) is -1.72. The highest BCUT2D eigenvalue weighted by Crippen LogP contribution is 2.20. The van der Waals surface area contributed by atoms with Crippen molar-refractivity contribution in [1.82, 2.24) is 24.4 Å². The maximum atomic E-state index is 12.6. The Hall–Kier alpha value is -3.93. The number of amides is 1. The standard InChI is InChI=1S/C24H33N7O5/c1-3-4-11-36-23-28-20(26)19-21(29-23)31(24(35)27-19)10-6-9-30(18(32)13-25)14-16-7-5-8-17(12-16)15(2)22(33)34/h5,7-8,12,15H,3-4,6,9-11,13-14,25H2,1-2H3,(H,27,35)(H,33,34)(H2,26,28,29). The van der Waals surface area contributed by atoms with Gasteiger partial charge in [0.25, 0.3) is 0 Å². The van der Waals surface area contributed by atoms with Crippen molar-refractivity contribution in [2.45, 2.75) is 52.1 Å². The van der Waals surface area contributed by atoms with Crippen LogP contribution in [0.3, 0.4) is 0 Å². The Kier molecular flexibility index (Phi) is 9.01. The van der Waals surface area contributed by atoms with E-state index in [1.807, 2.05) is 13.0 Å². The van der Waals surface area contributed by atoms with Crippen LogP contribution in [0.4, 0.5) is 5.82 Å². The highest BCUT2D eigenvalue weighted by molar-refractivity contribution is 5.82. The molecule has 2 heterocycles. The number of nitrogen functional groups attached to an aromatic ring is 1. The smallest absolute Gasteiger partial charge is 0.327 e. The van der Waals surface area contributed by atoms with Crippen molar-refractivity contribution in [3.05, 3.63) is 45.9 Å². The van der Waals surface area contributed by atoms with Crippen molar-refractivity contribution < 1.29 is 19.4 Å². The number of carboxylic acid groups (broad SMARTS) is 1. The molecular weight excluding hydrogens is 466 g/mol. The van der Waals surface area contributed by atoms with Gasteiger partial charge in [-0.3, -0.25) is 14.2 Å². The normalized spacial score (nSPS) is 12.0. The highest BCUT2D eigenvalue weighted by atomic mass is 16.5. The maximum Gasteiger partial charge on any atom is 0.327 e. The van der Waals surface area contributed by atoms with Crippen LogP contribution in [0.5, 0.6) is 6.01 Å². The number of imidazole rings is 1. The second kappa shape index (κ2) is 12.2. The molecule has 12 heteroatoms. The molecule has 194 valence electrons. The Morgan fingerprint density at radius 3 is 2.75 bits per heavy atom. The van der Waals surface area contributed by atoms with Crippen LogP contribution in [0.25, 0.3) is 11.2 Å². The van der Waals surface area contributed by atoms with E-state index in [1.165, 1.54) is 4.57 Å². The zero-order chi connectivity index (χ0) is 26.2. The van der Waals surface area contributed by atoms with Crippen LogP contribution < -0.4 is 21.9 Å². The van der Waals surface area contributed by atoms with Gasteiger partial charge in [-0.1, -0.05) is 37.6 Å². The van der Waals surface area contributed by atoms with E-state index in [9.17, 15) is 19.5 Å². The van der Waals surface area contributed by atoms with Crippen LogP contribution >= 0.6 is 0 Å². The second-order valence-corrected chi connectivity index (χ2v) is 8.55. The number of carboxylic acids is 1. The number of aromatic nitrogens is 4. The molecule has 6 N–H and O–H groups in total. The monoisotopic (exact) mass is 499 g/mol. The third-order valence-corrected chi connectivity index (χ3v) is 5.89. The van der Waals surface area contributed by atoms with Crippen LogP contribution in [-0.4, -0.2) is 61.1 Å². The lowest BCUT2D eigenvalue weighted by molar-refractivity contribution is -0.138. The van der Waals surface area contributed by atoms with E-state index in [0.29, 0.717) is 36.3 Å². The third-order valence-electron chi connectivity index (χ3n) is 5.89. The predicted molar refractivity (Wildman–Crippen MR) is 135 cm³/mol. The average Bonchev–Trinajstić information content (AvgIpc) is 3.18. The molecule has 3 rings (SSSR count). The number of hydrogen-bond donors (Lipinski definition) is 4. The minimum absolute atomic E-state index is 0.108. The lowest BCUT2D eigenvalue weighted by Crippen LogP contribution is -2.37. The number of aryl methyl sites for hydroxylation is 1. The molecule has 0 saturated carbocycles. The number of carbonyl (C=O) groups is 2. The molecule has 0 aliphatic carbocycles. The van der Waals surface area contributed by atoms with Crippen molar-refractivity contribution in [3.8, 4) is 6.01 Å². The van der Waals surface area contributed by atoms with Gasteiger partial charge in [0.05, 0.1) is 19.1 Å². The summed E-state index contributed by atoms with van der Waals surface area (Å²) in [6.45, 7) is 4.79. The SMILES string of the molecule is CCCCOc1nc(N)c2[nH]c(=O)n(CCCN(Cc3cccc(C(C)C(=O)O)c3)C(=O)CN)c2n1. The molecule has 36 heavy (non-hydrogen) atoms. The van der Waals surface area contributed by atoms with E-state index in [2.05, 4.69) is 15.0 Å². The lowest BCUT2D eigenvalue weighted by Gasteiger charge is -2.23. The van der Waals surface area contributed by atoms with Crippen LogP contribution in [0.2, 0.25) is 0 Å². The van der Waals surface area contributed by atoms with Gasteiger partial charge in [-0.2, -0.15) is 9.97 Å². The number of unbranched alkanes of at least 4 members (excludes halogenated alkanes) is 1. The van der Waals surface area contributed by atoms with Crippen molar-refractivity contribution in [2.24, 2.45) is 5.73 Å². The van der Waals surface area contributed by atoms with E-state index in [4.69, 9.17) is 16.2 Å². The summed E-state index contributed by atoms with van der Waals surface area (Å²) < 4.78 is 7.01. The number of anilines is 1. The summed E-state index contributed by atoms with van der Waals surface area (Å²) in [7, 11) is 0. The summed E-state index contributed by atoms with van der Waals surface area (Å²) in [5, 5.41) is 9.29. The van der Waals surface area contributed by atoms with E-state index in [1.54, 1.807) is 30.0 Å². The molecular formula is C24H33N7O5. The van der Waals surface area contributed by atoms with E-state index >= 15 is 0 Å². The summed E-state index contributed by atoms with van der Waals surface area (Å²) in [5.41, 5.74) is 13.4. The van der Waals surface area contributed by atoms with Gasteiger partial charge in [0.2, 0.25) is 5.91 Å². The number of rotatable bonds is 13. The molecule has 0 saturated heterocycles. The fraction of sp³-hybridized carbons (Fsp3) is 0.458. The van der Waals surface area contributed by atoms with Crippen LogP contribution in [-0.2, 0) is 22.7 Å². The third kappa shape index (κ3) is 6.39. The number of ether oxygens (including phenoxy) is 1. The molecule has 0 radical (unpaired) electrons. The van der Waals surface area contributed by atoms with Gasteiger partial charge >= 0.3 is 17.7 Å². The minimum atomic E-state index is -0.922. The molecule has 0 spiro atoms. The van der Waals surface area contributed by atoms with E-state index < -0.39 is 11.9 Å². The van der Waals surface area contributed by atoms with Crippen LogP contribution in [0, 0.1) is 0 Å². The quantitative estimate of drug-likeness (QED) is 0.253. The number of aliphatic carboxylic acids is 1. The van der Waals surface area contributed by atoms with Crippen molar-refractivity contribution >= 4 is 28.9 Å². The molecule has 12 nitrogen and oxygen atoms in total. The predicted octanol–water partition coefficient (Wildman–Crippen LogP) is 1.45. The molecule has 0 bridgehead atoms. The Morgan fingerprint density at radius 1 is 1.28 bits per heavy atom. The van der Waals surface area contributed by atoms with Gasteiger partial charge in [0.1, 0.15) is 5.52 Å². The van der Waals surface area contributed by atoms with Crippen LogP contribution in [0.15, 0.2) is 29.1 Å². The molecule has 1 atom stereocenters. The summed E-state index contributed by atoms with van der Waals surface area (Å²) in [4.78, 5) is 49.1. The number of H-pyrrole nitrogens is 1. The summed E-state index contributed by atoms with van der Waals surface area (Å²) in [6.07, 6.45) is 2.23. The Balaban J connectivity index is 1.74. The minimum Gasteiger partial charge on any atom is -0.481 e. The number of benzene rings is 1. The topological polar surface area (TPSA) is 182 Å². The van der Waals surface area contributed by atoms with Gasteiger partial charge in [0.15, 0.2) is 11.5 Å². The molecule has 2 aromatic heterocycles. The largest absolute Gasteiger partial charge is 0.481 e.